The zero-order valence-electron chi connectivity index (χ0n) is 17.9. The highest BCUT2D eigenvalue weighted by Gasteiger charge is 2.29. The minimum atomic E-state index is -0.717. The molecule has 3 aromatic rings. The minimum absolute atomic E-state index is 0.00839. The van der Waals surface area contributed by atoms with E-state index in [2.05, 4.69) is 9.97 Å². The number of nitrogens with two attached hydrogens (primary N) is 1. The van der Waals surface area contributed by atoms with Crippen molar-refractivity contribution < 1.29 is 9.21 Å². The molecule has 0 saturated heterocycles. The molecular formula is C21H27N5O4S. The number of nitrogens with one attached hydrogen (secondary N) is 1. The summed E-state index contributed by atoms with van der Waals surface area (Å²) in [6, 6.07) is 3.41. The lowest BCUT2D eigenvalue weighted by molar-refractivity contribution is 0.0986. The van der Waals surface area contributed by atoms with Crippen molar-refractivity contribution in [2.45, 2.75) is 59.5 Å². The number of hydrogen-bond acceptors (Lipinski definition) is 7. The number of nitrogens with zero attached hydrogens (tertiary/aromatic N) is 3. The van der Waals surface area contributed by atoms with Gasteiger partial charge in [0.25, 0.3) is 11.5 Å². The van der Waals surface area contributed by atoms with Crippen LogP contribution in [0.3, 0.4) is 0 Å². The van der Waals surface area contributed by atoms with E-state index in [1.165, 1.54) is 27.1 Å². The second-order valence-electron chi connectivity index (χ2n) is 7.24. The molecule has 0 unspecified atom stereocenters. The van der Waals surface area contributed by atoms with E-state index in [9.17, 15) is 14.4 Å². The Bertz CT molecular complexity index is 1160. The number of H-pyrrole nitrogens is 1. The number of carbonyl (C=O) groups excluding carboxylic acids is 1. The number of unbranched alkanes of at least 4 members (excludes halogenated alkanes) is 1. The standard InChI is InChI=1S/C21H27N5O4S/c1-4-6-10-25-18(22)16(19(27)24-21(25)29)26(12-14-9-7-11-30-14)20(28)17-13(3)23-15(31-17)8-5-2/h7,9,11H,4-6,8,10,12,22H2,1-3H3,(H,24,27,29). The summed E-state index contributed by atoms with van der Waals surface area (Å²) < 4.78 is 6.71. The predicted octanol–water partition coefficient (Wildman–Crippen LogP) is 3.08. The maximum atomic E-state index is 13.6. The number of carbonyl (C=O) groups is 1. The van der Waals surface area contributed by atoms with Crippen LogP contribution in [0, 0.1) is 6.92 Å². The number of hydrogen-bond donors (Lipinski definition) is 2. The Morgan fingerprint density at radius 1 is 1.32 bits per heavy atom. The summed E-state index contributed by atoms with van der Waals surface area (Å²) in [5.74, 6) is 0.0270. The van der Waals surface area contributed by atoms with E-state index >= 15 is 0 Å². The maximum Gasteiger partial charge on any atom is 0.330 e. The molecule has 10 heteroatoms. The Labute approximate surface area is 183 Å². The molecule has 3 N–H and O–H groups in total. The highest BCUT2D eigenvalue weighted by atomic mass is 32.1. The zero-order chi connectivity index (χ0) is 22.5. The van der Waals surface area contributed by atoms with Crippen LogP contribution in [0.4, 0.5) is 11.5 Å². The van der Waals surface area contributed by atoms with Crippen molar-refractivity contribution in [3.63, 3.8) is 0 Å². The van der Waals surface area contributed by atoms with Gasteiger partial charge in [-0.2, -0.15) is 0 Å². The van der Waals surface area contributed by atoms with E-state index in [-0.39, 0.29) is 18.1 Å². The van der Waals surface area contributed by atoms with Crippen LogP contribution in [-0.2, 0) is 19.5 Å². The lowest BCUT2D eigenvalue weighted by Crippen LogP contribution is -2.40. The van der Waals surface area contributed by atoms with E-state index in [1.807, 2.05) is 13.8 Å². The summed E-state index contributed by atoms with van der Waals surface area (Å²) in [7, 11) is 0. The number of thiazole rings is 1. The predicted molar refractivity (Wildman–Crippen MR) is 121 cm³/mol. The molecule has 3 heterocycles. The van der Waals surface area contributed by atoms with Crippen LogP contribution in [0.5, 0.6) is 0 Å². The molecule has 0 aliphatic carbocycles. The normalized spacial score (nSPS) is 11.1. The molecule has 0 saturated carbocycles. The highest BCUT2D eigenvalue weighted by Crippen LogP contribution is 2.27. The van der Waals surface area contributed by atoms with Crippen molar-refractivity contribution in [2.75, 3.05) is 10.6 Å². The Hall–Kier alpha value is -3.14. The topological polar surface area (TPSA) is 127 Å². The van der Waals surface area contributed by atoms with Crippen LogP contribution >= 0.6 is 11.3 Å². The summed E-state index contributed by atoms with van der Waals surface area (Å²) in [5.41, 5.74) is 5.49. The molecule has 0 bridgehead atoms. The van der Waals surface area contributed by atoms with E-state index < -0.39 is 17.2 Å². The van der Waals surface area contributed by atoms with Crippen molar-refractivity contribution in [3.05, 3.63) is 60.6 Å². The van der Waals surface area contributed by atoms with Gasteiger partial charge in [-0.3, -0.25) is 24.0 Å². The third-order valence-corrected chi connectivity index (χ3v) is 6.06. The van der Waals surface area contributed by atoms with Gasteiger partial charge in [-0.15, -0.1) is 11.3 Å². The molecule has 3 rings (SSSR count). The third-order valence-electron chi connectivity index (χ3n) is 4.86. The summed E-state index contributed by atoms with van der Waals surface area (Å²) in [5, 5.41) is 0.857. The fourth-order valence-corrected chi connectivity index (χ4v) is 4.40. The molecule has 0 fully saturated rings. The molecule has 0 radical (unpaired) electrons. The van der Waals surface area contributed by atoms with E-state index in [0.29, 0.717) is 29.3 Å². The van der Waals surface area contributed by atoms with Gasteiger partial charge in [0.1, 0.15) is 16.5 Å². The summed E-state index contributed by atoms with van der Waals surface area (Å²) in [6.45, 7) is 6.13. The van der Waals surface area contributed by atoms with Crippen LogP contribution in [0.1, 0.15) is 59.2 Å². The fourth-order valence-electron chi connectivity index (χ4n) is 3.28. The van der Waals surface area contributed by atoms with Gasteiger partial charge in [-0.05, 0) is 38.3 Å². The molecule has 0 aromatic carbocycles. The first-order valence-electron chi connectivity index (χ1n) is 10.3. The monoisotopic (exact) mass is 445 g/mol. The second kappa shape index (κ2) is 9.78. The molecular weight excluding hydrogens is 418 g/mol. The van der Waals surface area contributed by atoms with E-state index in [4.69, 9.17) is 10.2 Å². The first-order chi connectivity index (χ1) is 14.9. The summed E-state index contributed by atoms with van der Waals surface area (Å²) >= 11 is 1.31. The van der Waals surface area contributed by atoms with Crippen molar-refractivity contribution in [1.82, 2.24) is 14.5 Å². The number of furan rings is 1. The number of nitrogen functional groups attached to an aromatic ring is 1. The third kappa shape index (κ3) is 4.79. The molecule has 0 aliphatic rings. The number of aromatic nitrogens is 3. The van der Waals surface area contributed by atoms with Crippen molar-refractivity contribution in [3.8, 4) is 0 Å². The fraction of sp³-hybridized carbons (Fsp3) is 0.429. The Balaban J connectivity index is 2.13. The maximum absolute atomic E-state index is 13.6. The average Bonchev–Trinajstić information content (AvgIpc) is 3.36. The Morgan fingerprint density at radius 3 is 2.74 bits per heavy atom. The summed E-state index contributed by atoms with van der Waals surface area (Å²) in [4.78, 5) is 47.2. The van der Waals surface area contributed by atoms with Crippen LogP contribution < -0.4 is 21.9 Å². The molecule has 1 amide bonds. The summed E-state index contributed by atoms with van der Waals surface area (Å²) in [6.07, 6.45) is 4.71. The van der Waals surface area contributed by atoms with Crippen molar-refractivity contribution in [2.24, 2.45) is 0 Å². The molecule has 9 nitrogen and oxygen atoms in total. The van der Waals surface area contributed by atoms with Gasteiger partial charge >= 0.3 is 5.69 Å². The number of anilines is 2. The zero-order valence-corrected chi connectivity index (χ0v) is 18.8. The van der Waals surface area contributed by atoms with E-state index in [1.54, 1.807) is 19.1 Å². The van der Waals surface area contributed by atoms with Gasteiger partial charge in [0.2, 0.25) is 0 Å². The number of aromatic amines is 1. The number of aryl methyl sites for hydroxylation is 2. The number of amides is 1. The van der Waals surface area contributed by atoms with Gasteiger partial charge in [0.05, 0.1) is 23.5 Å². The van der Waals surface area contributed by atoms with Gasteiger partial charge in [0, 0.05) is 6.54 Å². The van der Waals surface area contributed by atoms with Gasteiger partial charge in [-0.1, -0.05) is 20.3 Å². The van der Waals surface area contributed by atoms with Crippen molar-refractivity contribution in [1.29, 1.82) is 0 Å². The van der Waals surface area contributed by atoms with Gasteiger partial charge in [0.15, 0.2) is 5.69 Å². The van der Waals surface area contributed by atoms with Crippen LogP contribution in [0.15, 0.2) is 32.4 Å². The van der Waals surface area contributed by atoms with Gasteiger partial charge < -0.3 is 10.2 Å². The first-order valence-corrected chi connectivity index (χ1v) is 11.1. The lowest BCUT2D eigenvalue weighted by Gasteiger charge is -2.23. The minimum Gasteiger partial charge on any atom is -0.467 e. The van der Waals surface area contributed by atoms with Crippen molar-refractivity contribution >= 4 is 28.7 Å². The number of rotatable bonds is 9. The second-order valence-corrected chi connectivity index (χ2v) is 8.32. The van der Waals surface area contributed by atoms with Crippen LogP contribution in [0.2, 0.25) is 0 Å². The SMILES string of the molecule is CCCCn1c(N)c(N(Cc2ccco2)C(=O)c2sc(CCC)nc2C)c(=O)[nH]c1=O. The first kappa shape index (κ1) is 22.5. The lowest BCUT2D eigenvalue weighted by atomic mass is 10.2. The molecule has 0 spiro atoms. The van der Waals surface area contributed by atoms with Gasteiger partial charge in [-0.25, -0.2) is 9.78 Å². The largest absolute Gasteiger partial charge is 0.467 e. The Kier molecular flexibility index (Phi) is 7.11. The Morgan fingerprint density at radius 2 is 2.10 bits per heavy atom. The van der Waals surface area contributed by atoms with Crippen LogP contribution in [-0.4, -0.2) is 20.4 Å². The molecule has 166 valence electrons. The molecule has 3 aromatic heterocycles. The highest BCUT2D eigenvalue weighted by molar-refractivity contribution is 7.14. The average molecular weight is 446 g/mol. The van der Waals surface area contributed by atoms with E-state index in [0.717, 1.165) is 24.3 Å². The smallest absolute Gasteiger partial charge is 0.330 e. The van der Waals surface area contributed by atoms with Crippen LogP contribution in [0.25, 0.3) is 0 Å². The molecule has 0 atom stereocenters. The quantitative estimate of drug-likeness (QED) is 0.521. The molecule has 31 heavy (non-hydrogen) atoms. The molecule has 0 aliphatic heterocycles.